The molecule has 0 bridgehead atoms. The Morgan fingerprint density at radius 1 is 1.16 bits per heavy atom. The highest BCUT2D eigenvalue weighted by Gasteiger charge is 2.11. The predicted molar refractivity (Wildman–Crippen MR) is 93.3 cm³/mol. The molecule has 25 heavy (non-hydrogen) atoms. The van der Waals surface area contributed by atoms with Gasteiger partial charge in [0.05, 0.1) is 35.7 Å². The highest BCUT2D eigenvalue weighted by Crippen LogP contribution is 2.15. The summed E-state index contributed by atoms with van der Waals surface area (Å²) in [4.78, 5) is 8.51. The van der Waals surface area contributed by atoms with E-state index in [1.54, 1.807) is 42.5 Å². The molecule has 0 amide bonds. The summed E-state index contributed by atoms with van der Waals surface area (Å²) >= 11 is 0. The van der Waals surface area contributed by atoms with Crippen LogP contribution >= 0.6 is 0 Å². The molecule has 3 aromatic rings. The Balaban J connectivity index is 1.77. The Hall–Kier alpha value is -2.95. The second-order valence-corrected chi connectivity index (χ2v) is 7.20. The summed E-state index contributed by atoms with van der Waals surface area (Å²) in [5, 5.41) is 11.2. The van der Waals surface area contributed by atoms with E-state index in [2.05, 4.69) is 30.2 Å². The van der Waals surface area contributed by atoms with Crippen LogP contribution in [0.4, 0.5) is 17.3 Å². The summed E-state index contributed by atoms with van der Waals surface area (Å²) in [6.45, 7) is 1.81. The average Bonchev–Trinajstić information content (AvgIpc) is 3.16. The molecule has 0 aliphatic rings. The molecule has 0 unspecified atom stereocenters. The number of rotatable bonds is 7. The van der Waals surface area contributed by atoms with Gasteiger partial charge in [-0.1, -0.05) is 6.92 Å². The summed E-state index contributed by atoms with van der Waals surface area (Å²) in [7, 11) is -1.54. The number of anilines is 3. The van der Waals surface area contributed by atoms with Crippen molar-refractivity contribution in [1.82, 2.24) is 29.5 Å². The summed E-state index contributed by atoms with van der Waals surface area (Å²) in [6, 6.07) is 1.67. The molecule has 0 saturated carbocycles. The van der Waals surface area contributed by atoms with E-state index in [1.165, 1.54) is 10.9 Å². The van der Waals surface area contributed by atoms with Gasteiger partial charge in [-0.15, -0.1) is 0 Å². The molecule has 11 heteroatoms. The number of nitrogens with one attached hydrogen (secondary N) is 2. The van der Waals surface area contributed by atoms with Crippen LogP contribution in [0.2, 0.25) is 0 Å². The first-order valence-corrected chi connectivity index (χ1v) is 9.24. The lowest BCUT2D eigenvalue weighted by Gasteiger charge is -2.05. The fourth-order valence-corrected chi connectivity index (χ4v) is 3.26. The van der Waals surface area contributed by atoms with Gasteiger partial charge in [0.2, 0.25) is 16.0 Å². The highest BCUT2D eigenvalue weighted by molar-refractivity contribution is 7.92. The predicted octanol–water partition coefficient (Wildman–Crippen LogP) is 1.29. The molecule has 3 rings (SSSR count). The van der Waals surface area contributed by atoms with Gasteiger partial charge in [-0.05, 0) is 6.42 Å². The number of nitrogens with zero attached hydrogens (tertiary/aromatic N) is 6. The first kappa shape index (κ1) is 16.9. The average molecular weight is 362 g/mol. The number of aryl methyl sites for hydroxylation is 1. The molecule has 2 N–H and O–H groups in total. The van der Waals surface area contributed by atoms with Crippen molar-refractivity contribution in [2.75, 3.05) is 15.8 Å². The lowest BCUT2D eigenvalue weighted by molar-refractivity contribution is 0.600. The third-order valence-electron chi connectivity index (χ3n) is 3.17. The van der Waals surface area contributed by atoms with E-state index in [4.69, 9.17) is 0 Å². The van der Waals surface area contributed by atoms with E-state index in [0.717, 1.165) is 5.69 Å². The van der Waals surface area contributed by atoms with Crippen molar-refractivity contribution in [2.45, 2.75) is 13.3 Å². The molecule has 0 fully saturated rings. The maximum Gasteiger partial charge on any atom is 0.232 e. The van der Waals surface area contributed by atoms with Crippen molar-refractivity contribution in [3.8, 4) is 5.82 Å². The molecule has 0 atom stereocenters. The molecular formula is C14H18N8O2S. The molecule has 0 radical (unpaired) electrons. The Morgan fingerprint density at radius 2 is 1.96 bits per heavy atom. The van der Waals surface area contributed by atoms with Crippen LogP contribution in [0, 0.1) is 0 Å². The summed E-state index contributed by atoms with van der Waals surface area (Å²) < 4.78 is 29.2. The number of aromatic nitrogens is 6. The SMILES string of the molecule is CCCS(=O)(=O)Nc1cnn(-c2ccnc(Nc3cnn(C)c3)n2)c1. The second kappa shape index (κ2) is 6.89. The van der Waals surface area contributed by atoms with Gasteiger partial charge in [0.15, 0.2) is 5.82 Å². The minimum atomic E-state index is -3.36. The molecule has 10 nitrogen and oxygen atoms in total. The molecule has 3 aromatic heterocycles. The van der Waals surface area contributed by atoms with Crippen molar-refractivity contribution >= 4 is 27.3 Å². The van der Waals surface area contributed by atoms with Gasteiger partial charge in [0.25, 0.3) is 0 Å². The minimum absolute atomic E-state index is 0.0604. The smallest absolute Gasteiger partial charge is 0.232 e. The van der Waals surface area contributed by atoms with E-state index in [1.807, 2.05) is 7.05 Å². The Kier molecular flexibility index (Phi) is 4.65. The van der Waals surface area contributed by atoms with Crippen LogP contribution in [0.3, 0.4) is 0 Å². The maximum atomic E-state index is 11.8. The topological polar surface area (TPSA) is 120 Å². The standard InChI is InChI=1S/C14H18N8O2S/c1-3-6-25(23,24)20-12-8-17-22(10-12)13-4-5-15-14(19-13)18-11-7-16-21(2)9-11/h4-5,7-10,20H,3,6H2,1-2H3,(H,15,18,19). The zero-order chi connectivity index (χ0) is 17.9. The van der Waals surface area contributed by atoms with Gasteiger partial charge in [0, 0.05) is 25.5 Å². The van der Waals surface area contributed by atoms with Crippen LogP contribution in [-0.2, 0) is 17.1 Å². The number of hydrogen-bond acceptors (Lipinski definition) is 7. The van der Waals surface area contributed by atoms with E-state index in [0.29, 0.717) is 23.9 Å². The summed E-state index contributed by atoms with van der Waals surface area (Å²) in [6.07, 6.45) is 8.57. The van der Waals surface area contributed by atoms with Crippen LogP contribution in [-0.4, -0.2) is 43.7 Å². The van der Waals surface area contributed by atoms with Crippen molar-refractivity contribution < 1.29 is 8.42 Å². The summed E-state index contributed by atoms with van der Waals surface area (Å²) in [5.41, 5.74) is 1.14. The maximum absolute atomic E-state index is 11.8. The number of sulfonamides is 1. The van der Waals surface area contributed by atoms with Crippen molar-refractivity contribution in [3.05, 3.63) is 37.1 Å². The van der Waals surface area contributed by atoms with Gasteiger partial charge in [-0.3, -0.25) is 9.40 Å². The monoisotopic (exact) mass is 362 g/mol. The van der Waals surface area contributed by atoms with E-state index < -0.39 is 10.0 Å². The van der Waals surface area contributed by atoms with Crippen LogP contribution in [0.15, 0.2) is 37.1 Å². The fourth-order valence-electron chi connectivity index (χ4n) is 2.15. The third kappa shape index (κ3) is 4.32. The minimum Gasteiger partial charge on any atom is -0.321 e. The van der Waals surface area contributed by atoms with Crippen LogP contribution in [0.5, 0.6) is 0 Å². The first-order valence-electron chi connectivity index (χ1n) is 7.59. The molecule has 132 valence electrons. The zero-order valence-electron chi connectivity index (χ0n) is 13.8. The highest BCUT2D eigenvalue weighted by atomic mass is 32.2. The summed E-state index contributed by atoms with van der Waals surface area (Å²) in [5.74, 6) is 0.946. The van der Waals surface area contributed by atoms with Crippen molar-refractivity contribution in [3.63, 3.8) is 0 Å². The Labute approximate surface area is 145 Å². The third-order valence-corrected chi connectivity index (χ3v) is 4.66. The molecule has 0 spiro atoms. The van der Waals surface area contributed by atoms with Gasteiger partial charge in [-0.25, -0.2) is 18.1 Å². The van der Waals surface area contributed by atoms with E-state index >= 15 is 0 Å². The number of hydrogen-bond donors (Lipinski definition) is 2. The normalized spacial score (nSPS) is 11.4. The molecule has 0 aromatic carbocycles. The largest absolute Gasteiger partial charge is 0.321 e. The van der Waals surface area contributed by atoms with Gasteiger partial charge in [-0.2, -0.15) is 15.2 Å². The molecule has 0 aliphatic carbocycles. The lowest BCUT2D eigenvalue weighted by Crippen LogP contribution is -2.15. The molecule has 0 aliphatic heterocycles. The fraction of sp³-hybridized carbons (Fsp3) is 0.286. The Bertz CT molecular complexity index is 963. The van der Waals surface area contributed by atoms with Crippen LogP contribution in [0.25, 0.3) is 5.82 Å². The molecule has 3 heterocycles. The second-order valence-electron chi connectivity index (χ2n) is 5.36. The first-order chi connectivity index (χ1) is 11.9. The van der Waals surface area contributed by atoms with E-state index in [-0.39, 0.29) is 5.75 Å². The van der Waals surface area contributed by atoms with Gasteiger partial charge >= 0.3 is 0 Å². The van der Waals surface area contributed by atoms with Gasteiger partial charge in [0.1, 0.15) is 0 Å². The molecular weight excluding hydrogens is 344 g/mol. The quantitative estimate of drug-likeness (QED) is 0.650. The molecule has 0 saturated heterocycles. The van der Waals surface area contributed by atoms with Crippen LogP contribution in [0.1, 0.15) is 13.3 Å². The van der Waals surface area contributed by atoms with Crippen LogP contribution < -0.4 is 10.0 Å². The van der Waals surface area contributed by atoms with Crippen molar-refractivity contribution in [1.29, 1.82) is 0 Å². The lowest BCUT2D eigenvalue weighted by atomic mass is 10.5. The van der Waals surface area contributed by atoms with Crippen molar-refractivity contribution in [2.24, 2.45) is 7.05 Å². The Morgan fingerprint density at radius 3 is 2.68 bits per heavy atom. The van der Waals surface area contributed by atoms with Gasteiger partial charge < -0.3 is 5.32 Å². The van der Waals surface area contributed by atoms with E-state index in [9.17, 15) is 8.42 Å². The zero-order valence-corrected chi connectivity index (χ0v) is 14.6.